The predicted molar refractivity (Wildman–Crippen MR) is 93.6 cm³/mol. The fraction of sp³-hybridized carbons (Fsp3) is 0.444. The van der Waals surface area contributed by atoms with Crippen molar-refractivity contribution in [1.82, 2.24) is 0 Å². The van der Waals surface area contributed by atoms with Gasteiger partial charge in [-0.3, -0.25) is 0 Å². The highest BCUT2D eigenvalue weighted by Gasteiger charge is 2.15. The number of nitrogens with one attached hydrogen (secondary N) is 1. The van der Waals surface area contributed by atoms with Crippen LogP contribution in [0.5, 0.6) is 0 Å². The van der Waals surface area contributed by atoms with E-state index in [1.54, 1.807) is 0 Å². The van der Waals surface area contributed by atoms with Crippen LogP contribution in [-0.4, -0.2) is 13.1 Å². The van der Waals surface area contributed by atoms with Gasteiger partial charge in [0.1, 0.15) is 0 Å². The Morgan fingerprint density at radius 2 is 2.05 bits per heavy atom. The molecule has 1 aromatic heterocycles. The van der Waals surface area contributed by atoms with E-state index in [9.17, 15) is 0 Å². The lowest BCUT2D eigenvalue weighted by Gasteiger charge is -2.22. The van der Waals surface area contributed by atoms with E-state index in [4.69, 9.17) is 0 Å². The zero-order valence-corrected chi connectivity index (χ0v) is 13.7. The lowest BCUT2D eigenvalue weighted by Crippen LogP contribution is -2.18. The number of anilines is 2. The maximum Gasteiger partial charge on any atom is 0.0604 e. The summed E-state index contributed by atoms with van der Waals surface area (Å²) >= 11 is 1.83. The van der Waals surface area contributed by atoms with Crippen LogP contribution in [0.2, 0.25) is 0 Å². The van der Waals surface area contributed by atoms with Crippen LogP contribution in [0, 0.1) is 6.92 Å². The van der Waals surface area contributed by atoms with Crippen LogP contribution in [0.15, 0.2) is 35.7 Å². The van der Waals surface area contributed by atoms with Crippen LogP contribution in [0.1, 0.15) is 42.7 Å². The third-order valence-corrected chi connectivity index (χ3v) is 5.29. The Labute approximate surface area is 131 Å². The van der Waals surface area contributed by atoms with E-state index in [0.29, 0.717) is 6.04 Å². The largest absolute Gasteiger partial charge is 0.377 e. The molecular formula is C18H24N2S. The Balaban J connectivity index is 1.76. The summed E-state index contributed by atoms with van der Waals surface area (Å²) in [4.78, 5) is 3.91. The molecule has 2 aromatic rings. The molecule has 0 amide bonds. The van der Waals surface area contributed by atoms with Crippen molar-refractivity contribution in [2.24, 2.45) is 0 Å². The molecule has 1 fully saturated rings. The van der Waals surface area contributed by atoms with Gasteiger partial charge in [0.2, 0.25) is 0 Å². The Bertz CT molecular complexity index is 571. The zero-order valence-electron chi connectivity index (χ0n) is 12.9. The maximum atomic E-state index is 3.71. The molecule has 2 nitrogen and oxygen atoms in total. The lowest BCUT2D eigenvalue weighted by atomic mass is 10.1. The first kappa shape index (κ1) is 14.5. The lowest BCUT2D eigenvalue weighted by molar-refractivity contribution is 0.763. The van der Waals surface area contributed by atoms with Crippen molar-refractivity contribution < 1.29 is 0 Å². The molecule has 3 heteroatoms. The molecule has 0 bridgehead atoms. The molecule has 112 valence electrons. The number of hydrogen-bond acceptors (Lipinski definition) is 3. The van der Waals surface area contributed by atoms with Crippen molar-refractivity contribution >= 4 is 22.7 Å². The number of benzene rings is 1. The quantitative estimate of drug-likeness (QED) is 0.814. The molecule has 1 N–H and O–H groups in total. The third kappa shape index (κ3) is 3.24. The third-order valence-electron chi connectivity index (χ3n) is 4.31. The molecule has 1 aliphatic heterocycles. The average Bonchev–Trinajstić information content (AvgIpc) is 3.19. The molecule has 1 aliphatic rings. The molecule has 0 radical (unpaired) electrons. The molecule has 0 spiro atoms. The van der Waals surface area contributed by atoms with Crippen LogP contribution in [-0.2, 0) is 0 Å². The van der Waals surface area contributed by atoms with E-state index < -0.39 is 0 Å². The van der Waals surface area contributed by atoms with Gasteiger partial charge in [-0.1, -0.05) is 13.0 Å². The fourth-order valence-corrected chi connectivity index (χ4v) is 3.89. The van der Waals surface area contributed by atoms with Crippen molar-refractivity contribution in [1.29, 1.82) is 0 Å². The summed E-state index contributed by atoms with van der Waals surface area (Å²) in [5.41, 5.74) is 3.98. The topological polar surface area (TPSA) is 15.3 Å². The number of rotatable bonds is 5. The number of nitrogens with zero attached hydrogens (tertiary/aromatic N) is 1. The molecule has 1 atom stereocenters. The van der Waals surface area contributed by atoms with Crippen LogP contribution >= 0.6 is 11.3 Å². The van der Waals surface area contributed by atoms with E-state index in [-0.39, 0.29) is 0 Å². The second-order valence-electron chi connectivity index (χ2n) is 5.81. The summed E-state index contributed by atoms with van der Waals surface area (Å²) in [6.45, 7) is 6.87. The van der Waals surface area contributed by atoms with Crippen LogP contribution in [0.25, 0.3) is 0 Å². The summed E-state index contributed by atoms with van der Waals surface area (Å²) in [7, 11) is 0. The van der Waals surface area contributed by atoms with Gasteiger partial charge in [-0.05, 0) is 61.4 Å². The number of thiophene rings is 1. The fourth-order valence-electron chi connectivity index (χ4n) is 3.03. The van der Waals surface area contributed by atoms with Crippen LogP contribution < -0.4 is 10.2 Å². The second kappa shape index (κ2) is 6.52. The highest BCUT2D eigenvalue weighted by molar-refractivity contribution is 7.10. The molecule has 1 unspecified atom stereocenters. The molecule has 21 heavy (non-hydrogen) atoms. The van der Waals surface area contributed by atoms with Gasteiger partial charge in [0.05, 0.1) is 6.04 Å². The van der Waals surface area contributed by atoms with E-state index in [1.165, 1.54) is 47.7 Å². The summed E-state index contributed by atoms with van der Waals surface area (Å²) in [6, 6.07) is 11.6. The summed E-state index contributed by atoms with van der Waals surface area (Å²) in [5, 5.41) is 5.86. The minimum atomic E-state index is 0.418. The minimum Gasteiger partial charge on any atom is -0.377 e. The van der Waals surface area contributed by atoms with Gasteiger partial charge in [-0.25, -0.2) is 0 Å². The van der Waals surface area contributed by atoms with Crippen molar-refractivity contribution in [3.8, 4) is 0 Å². The standard InChI is InChI=1S/C18H24N2S/c1-3-16(18-7-6-12-21-18)19-17-9-8-15(13-14(17)2)20-10-4-5-11-20/h6-9,12-13,16,19H,3-5,10-11H2,1-2H3. The number of hydrogen-bond donors (Lipinski definition) is 1. The first-order valence-electron chi connectivity index (χ1n) is 7.93. The molecular weight excluding hydrogens is 276 g/mol. The molecule has 0 saturated carbocycles. The van der Waals surface area contributed by atoms with Crippen LogP contribution in [0.3, 0.4) is 0 Å². The maximum absolute atomic E-state index is 3.71. The van der Waals surface area contributed by atoms with Crippen molar-refractivity contribution in [3.05, 3.63) is 46.2 Å². The SMILES string of the molecule is CCC(Nc1ccc(N2CCCC2)cc1C)c1cccs1. The summed E-state index contributed by atoms with van der Waals surface area (Å²) in [6.07, 6.45) is 3.76. The van der Waals surface area contributed by atoms with Gasteiger partial charge in [0.25, 0.3) is 0 Å². The number of aryl methyl sites for hydroxylation is 1. The van der Waals surface area contributed by atoms with Gasteiger partial charge in [0.15, 0.2) is 0 Å². The molecule has 3 rings (SSSR count). The van der Waals surface area contributed by atoms with Gasteiger partial charge in [-0.15, -0.1) is 11.3 Å². The highest BCUT2D eigenvalue weighted by Crippen LogP contribution is 2.30. The highest BCUT2D eigenvalue weighted by atomic mass is 32.1. The van der Waals surface area contributed by atoms with Gasteiger partial charge >= 0.3 is 0 Å². The van der Waals surface area contributed by atoms with Gasteiger partial charge in [-0.2, -0.15) is 0 Å². The zero-order chi connectivity index (χ0) is 14.7. The summed E-state index contributed by atoms with van der Waals surface area (Å²) in [5.74, 6) is 0. The van der Waals surface area contributed by atoms with E-state index in [0.717, 1.165) is 6.42 Å². The predicted octanol–water partition coefficient (Wildman–Crippen LogP) is 5.22. The van der Waals surface area contributed by atoms with Crippen molar-refractivity contribution in [3.63, 3.8) is 0 Å². The first-order valence-corrected chi connectivity index (χ1v) is 8.81. The Morgan fingerprint density at radius 1 is 1.24 bits per heavy atom. The molecule has 1 aromatic carbocycles. The Hall–Kier alpha value is -1.48. The van der Waals surface area contributed by atoms with Gasteiger partial charge < -0.3 is 10.2 Å². The minimum absolute atomic E-state index is 0.418. The van der Waals surface area contributed by atoms with Crippen molar-refractivity contribution in [2.45, 2.75) is 39.2 Å². The van der Waals surface area contributed by atoms with E-state index in [1.807, 2.05) is 11.3 Å². The van der Waals surface area contributed by atoms with E-state index >= 15 is 0 Å². The normalized spacial score (nSPS) is 16.2. The first-order chi connectivity index (χ1) is 10.3. The smallest absolute Gasteiger partial charge is 0.0604 e. The van der Waals surface area contributed by atoms with Crippen molar-refractivity contribution in [2.75, 3.05) is 23.3 Å². The molecule has 0 aliphatic carbocycles. The monoisotopic (exact) mass is 300 g/mol. The Morgan fingerprint density at radius 3 is 2.67 bits per heavy atom. The molecule has 1 saturated heterocycles. The summed E-state index contributed by atoms with van der Waals surface area (Å²) < 4.78 is 0. The van der Waals surface area contributed by atoms with Crippen LogP contribution in [0.4, 0.5) is 11.4 Å². The second-order valence-corrected chi connectivity index (χ2v) is 6.79. The van der Waals surface area contributed by atoms with Gasteiger partial charge in [0, 0.05) is 29.3 Å². The Kier molecular flexibility index (Phi) is 4.49. The average molecular weight is 300 g/mol. The van der Waals surface area contributed by atoms with E-state index in [2.05, 4.69) is 59.8 Å². The molecule has 2 heterocycles.